The summed E-state index contributed by atoms with van der Waals surface area (Å²) in [5, 5.41) is 16.7. The molecular weight excluding hydrogens is 323 g/mol. The van der Waals surface area contributed by atoms with E-state index in [2.05, 4.69) is 15.2 Å². The Morgan fingerprint density at radius 1 is 1.45 bits per heavy atom. The van der Waals surface area contributed by atoms with Crippen molar-refractivity contribution >= 4 is 29.0 Å². The van der Waals surface area contributed by atoms with Gasteiger partial charge >= 0.3 is 0 Å². The molecule has 0 fully saturated rings. The quantitative estimate of drug-likeness (QED) is 0.904. The van der Waals surface area contributed by atoms with Gasteiger partial charge in [0.25, 0.3) is 0 Å². The lowest BCUT2D eigenvalue weighted by Crippen LogP contribution is -2.30. The number of rotatable bonds is 5. The van der Waals surface area contributed by atoms with Crippen LogP contribution in [-0.2, 0) is 11.2 Å². The van der Waals surface area contributed by atoms with E-state index in [0.717, 1.165) is 5.56 Å². The number of halogens is 2. The minimum Gasteiger partial charge on any atom is -0.297 e. The smallest absolute Gasteiger partial charge is 0.163 e. The number of benzene rings is 1. The first-order valence-electron chi connectivity index (χ1n) is 6.60. The Bertz CT molecular complexity index is 720. The predicted octanol–water partition coefficient (Wildman–Crippen LogP) is 3.56. The molecule has 1 heterocycles. The van der Waals surface area contributed by atoms with Crippen LogP contribution >= 0.6 is 23.2 Å². The van der Waals surface area contributed by atoms with Gasteiger partial charge in [-0.2, -0.15) is 10.4 Å². The van der Waals surface area contributed by atoms with Gasteiger partial charge in [0.1, 0.15) is 17.6 Å². The van der Waals surface area contributed by atoms with E-state index in [1.165, 1.54) is 6.33 Å². The van der Waals surface area contributed by atoms with Gasteiger partial charge in [-0.05, 0) is 38.0 Å². The molecule has 1 N–H and O–H groups in total. The molecule has 1 aromatic carbocycles. The Morgan fingerprint density at radius 2 is 2.18 bits per heavy atom. The number of aromatic amines is 1. The molecule has 22 heavy (non-hydrogen) atoms. The maximum absolute atomic E-state index is 12.7. The van der Waals surface area contributed by atoms with Gasteiger partial charge in [0.2, 0.25) is 0 Å². The SMILES string of the molecule is CC(C)(C#N)C(=O)C(Cc1ccc(Cl)cc1Cl)c1ncn[nH]1. The summed E-state index contributed by atoms with van der Waals surface area (Å²) in [6.45, 7) is 3.17. The summed E-state index contributed by atoms with van der Waals surface area (Å²) in [6, 6.07) is 7.12. The lowest BCUT2D eigenvalue weighted by molar-refractivity contribution is -0.126. The molecule has 0 aliphatic carbocycles. The third-order valence-corrected chi connectivity index (χ3v) is 4.00. The molecule has 0 amide bonds. The number of Topliss-reactive ketones (excluding diaryl/α,β-unsaturated/α-hetero) is 1. The fourth-order valence-electron chi connectivity index (χ4n) is 2.09. The molecule has 2 rings (SSSR count). The zero-order valence-electron chi connectivity index (χ0n) is 12.1. The first-order valence-corrected chi connectivity index (χ1v) is 7.35. The van der Waals surface area contributed by atoms with E-state index >= 15 is 0 Å². The average Bonchev–Trinajstić information content (AvgIpc) is 3.00. The second-order valence-electron chi connectivity index (χ2n) is 5.46. The highest BCUT2D eigenvalue weighted by atomic mass is 35.5. The lowest BCUT2D eigenvalue weighted by atomic mass is 9.79. The number of nitriles is 1. The van der Waals surface area contributed by atoms with Crippen molar-refractivity contribution in [2.75, 3.05) is 0 Å². The van der Waals surface area contributed by atoms with Crippen LogP contribution in [0.15, 0.2) is 24.5 Å². The minimum absolute atomic E-state index is 0.238. The van der Waals surface area contributed by atoms with E-state index in [1.54, 1.807) is 32.0 Å². The average molecular weight is 337 g/mol. The number of hydrogen-bond donors (Lipinski definition) is 1. The molecule has 0 spiro atoms. The normalized spacial score (nSPS) is 12.7. The molecular formula is C15H14Cl2N4O. The Morgan fingerprint density at radius 3 is 2.73 bits per heavy atom. The fraction of sp³-hybridized carbons (Fsp3) is 0.333. The molecule has 0 aliphatic rings. The zero-order chi connectivity index (χ0) is 16.3. The van der Waals surface area contributed by atoms with Crippen molar-refractivity contribution in [2.24, 2.45) is 5.41 Å². The molecule has 0 radical (unpaired) electrons. The highest BCUT2D eigenvalue weighted by molar-refractivity contribution is 6.35. The number of nitrogens with zero attached hydrogens (tertiary/aromatic N) is 3. The zero-order valence-corrected chi connectivity index (χ0v) is 13.6. The standard InChI is InChI=1S/C15H14Cl2N4O/c1-15(2,7-18)13(22)11(14-19-8-20-21-14)5-9-3-4-10(16)6-12(9)17/h3-4,6,8,11H,5H2,1-2H3,(H,19,20,21). The summed E-state index contributed by atoms with van der Waals surface area (Å²) in [5.41, 5.74) is -0.370. The van der Waals surface area contributed by atoms with Crippen LogP contribution in [-0.4, -0.2) is 21.0 Å². The van der Waals surface area contributed by atoms with E-state index in [-0.39, 0.29) is 5.78 Å². The Hall–Kier alpha value is -1.90. The van der Waals surface area contributed by atoms with Gasteiger partial charge in [-0.15, -0.1) is 0 Å². The van der Waals surface area contributed by atoms with Crippen molar-refractivity contribution in [3.8, 4) is 6.07 Å². The number of aromatic nitrogens is 3. The van der Waals surface area contributed by atoms with Crippen LogP contribution in [0.5, 0.6) is 0 Å². The van der Waals surface area contributed by atoms with Crippen molar-refractivity contribution in [1.82, 2.24) is 15.2 Å². The Labute approximate surface area is 138 Å². The van der Waals surface area contributed by atoms with Crippen LogP contribution in [0.3, 0.4) is 0 Å². The van der Waals surface area contributed by atoms with Crippen LogP contribution in [0.2, 0.25) is 10.0 Å². The summed E-state index contributed by atoms with van der Waals surface area (Å²) in [4.78, 5) is 16.8. The molecule has 0 bridgehead atoms. The molecule has 1 atom stereocenters. The Kier molecular flexibility index (Phi) is 4.84. The molecule has 2 aromatic rings. The molecule has 5 nitrogen and oxygen atoms in total. The van der Waals surface area contributed by atoms with E-state index in [9.17, 15) is 10.1 Å². The number of ketones is 1. The van der Waals surface area contributed by atoms with Crippen LogP contribution in [0.4, 0.5) is 0 Å². The topological polar surface area (TPSA) is 82.4 Å². The summed E-state index contributed by atoms with van der Waals surface area (Å²) < 4.78 is 0. The molecule has 0 saturated carbocycles. The van der Waals surface area contributed by atoms with Gasteiger partial charge < -0.3 is 0 Å². The number of hydrogen-bond acceptors (Lipinski definition) is 4. The maximum atomic E-state index is 12.7. The first kappa shape index (κ1) is 16.5. The van der Waals surface area contributed by atoms with Crippen molar-refractivity contribution in [2.45, 2.75) is 26.2 Å². The second kappa shape index (κ2) is 6.47. The summed E-state index contributed by atoms with van der Waals surface area (Å²) >= 11 is 12.1. The number of carbonyl (C=O) groups is 1. The van der Waals surface area contributed by atoms with Crippen molar-refractivity contribution in [3.05, 3.63) is 46.0 Å². The lowest BCUT2D eigenvalue weighted by Gasteiger charge is -2.21. The molecule has 1 unspecified atom stereocenters. The van der Waals surface area contributed by atoms with E-state index in [0.29, 0.717) is 22.3 Å². The van der Waals surface area contributed by atoms with Crippen LogP contribution < -0.4 is 0 Å². The summed E-state index contributed by atoms with van der Waals surface area (Å²) in [7, 11) is 0. The second-order valence-corrected chi connectivity index (χ2v) is 6.31. The minimum atomic E-state index is -1.13. The largest absolute Gasteiger partial charge is 0.297 e. The van der Waals surface area contributed by atoms with Gasteiger partial charge in [-0.3, -0.25) is 9.89 Å². The first-order chi connectivity index (χ1) is 10.3. The maximum Gasteiger partial charge on any atom is 0.163 e. The van der Waals surface area contributed by atoms with Gasteiger partial charge in [-0.25, -0.2) is 4.98 Å². The highest BCUT2D eigenvalue weighted by Gasteiger charge is 2.36. The van der Waals surface area contributed by atoms with Gasteiger partial charge in [0.15, 0.2) is 5.78 Å². The molecule has 7 heteroatoms. The third-order valence-electron chi connectivity index (χ3n) is 3.41. The van der Waals surface area contributed by atoms with Crippen molar-refractivity contribution in [3.63, 3.8) is 0 Å². The Balaban J connectivity index is 2.38. The molecule has 0 aliphatic heterocycles. The van der Waals surface area contributed by atoms with Gasteiger partial charge in [0.05, 0.1) is 12.0 Å². The number of carbonyl (C=O) groups excluding carboxylic acids is 1. The van der Waals surface area contributed by atoms with Gasteiger partial charge in [0, 0.05) is 10.0 Å². The number of nitrogens with one attached hydrogen (secondary N) is 1. The summed E-state index contributed by atoms with van der Waals surface area (Å²) in [6.07, 6.45) is 1.65. The molecule has 0 saturated heterocycles. The van der Waals surface area contributed by atoms with Crippen LogP contribution in [0, 0.1) is 16.7 Å². The fourth-order valence-corrected chi connectivity index (χ4v) is 2.58. The summed E-state index contributed by atoms with van der Waals surface area (Å²) in [5.74, 6) is -0.451. The third kappa shape index (κ3) is 3.46. The van der Waals surface area contributed by atoms with Gasteiger partial charge in [-0.1, -0.05) is 29.3 Å². The predicted molar refractivity (Wildman–Crippen MR) is 83.7 cm³/mol. The van der Waals surface area contributed by atoms with Crippen LogP contribution in [0.1, 0.15) is 31.2 Å². The van der Waals surface area contributed by atoms with Crippen molar-refractivity contribution < 1.29 is 4.79 Å². The van der Waals surface area contributed by atoms with E-state index in [1.807, 2.05) is 6.07 Å². The molecule has 114 valence electrons. The van der Waals surface area contributed by atoms with E-state index in [4.69, 9.17) is 23.2 Å². The number of H-pyrrole nitrogens is 1. The van der Waals surface area contributed by atoms with Crippen molar-refractivity contribution in [1.29, 1.82) is 5.26 Å². The van der Waals surface area contributed by atoms with E-state index < -0.39 is 11.3 Å². The highest BCUT2D eigenvalue weighted by Crippen LogP contribution is 2.31. The van der Waals surface area contributed by atoms with Crippen LogP contribution in [0.25, 0.3) is 0 Å². The monoisotopic (exact) mass is 336 g/mol. The molecule has 1 aromatic heterocycles.